The fraction of sp³-hybridized carbons (Fsp3) is 0.346. The van der Waals surface area contributed by atoms with Gasteiger partial charge in [0, 0.05) is 67.6 Å². The minimum Gasteiger partial charge on any atom is -0.461 e. The van der Waals surface area contributed by atoms with E-state index < -0.39 is 11.7 Å². The molecule has 12 heteroatoms. The standard InChI is InChI=1S/C26H29FN8O3/c1-14(28)10-29-21-6-5-18(25(37)31-16-8-15-12-34(2)33-23(15)20(27)9-16)24-19(21)11-30-26(32-24)38-13-17-4-7-22(36)35(17)3/h5-6,8-9,11-12,14,17,29H,4,7,10,13,28H2,1-3H3,(H,31,37)/t14-,17+/m1/s1. The van der Waals surface area contributed by atoms with Crippen molar-refractivity contribution in [2.45, 2.75) is 31.8 Å². The smallest absolute Gasteiger partial charge is 0.317 e. The lowest BCUT2D eigenvalue weighted by atomic mass is 10.1. The summed E-state index contributed by atoms with van der Waals surface area (Å²) in [6, 6.07) is 6.21. The fourth-order valence-electron chi connectivity index (χ4n) is 4.49. The molecule has 0 unspecified atom stereocenters. The second kappa shape index (κ2) is 10.2. The van der Waals surface area contributed by atoms with Gasteiger partial charge in [-0.25, -0.2) is 9.37 Å². The summed E-state index contributed by atoms with van der Waals surface area (Å²) in [6.07, 6.45) is 4.44. The van der Waals surface area contributed by atoms with E-state index in [9.17, 15) is 14.0 Å². The van der Waals surface area contributed by atoms with Gasteiger partial charge in [0.25, 0.3) is 5.91 Å². The molecule has 1 aliphatic rings. The van der Waals surface area contributed by atoms with Crippen LogP contribution in [0.25, 0.3) is 21.8 Å². The average Bonchev–Trinajstić information content (AvgIpc) is 3.41. The lowest BCUT2D eigenvalue weighted by molar-refractivity contribution is -0.127. The molecule has 1 aliphatic heterocycles. The van der Waals surface area contributed by atoms with Gasteiger partial charge in [-0.3, -0.25) is 14.3 Å². The van der Waals surface area contributed by atoms with Crippen molar-refractivity contribution in [3.63, 3.8) is 0 Å². The summed E-state index contributed by atoms with van der Waals surface area (Å²) in [5, 5.41) is 11.3. The van der Waals surface area contributed by atoms with Crippen LogP contribution < -0.4 is 21.1 Å². The predicted octanol–water partition coefficient (Wildman–Crippen LogP) is 2.67. The summed E-state index contributed by atoms with van der Waals surface area (Å²) in [4.78, 5) is 35.7. The highest BCUT2D eigenvalue weighted by molar-refractivity contribution is 6.14. The van der Waals surface area contributed by atoms with Crippen molar-refractivity contribution in [3.8, 4) is 6.01 Å². The van der Waals surface area contributed by atoms with Crippen molar-refractivity contribution in [3.05, 3.63) is 48.0 Å². The maximum absolute atomic E-state index is 14.6. The molecule has 2 atom stereocenters. The molecule has 0 spiro atoms. The zero-order valence-electron chi connectivity index (χ0n) is 21.4. The molecule has 4 N–H and O–H groups in total. The Morgan fingerprint density at radius 1 is 1.29 bits per heavy atom. The van der Waals surface area contributed by atoms with Crippen LogP contribution in [0, 0.1) is 5.82 Å². The Balaban J connectivity index is 1.46. The molecule has 0 bridgehead atoms. The molecule has 198 valence electrons. The Kier molecular flexibility index (Phi) is 6.81. The Labute approximate surface area is 218 Å². The SMILES string of the molecule is C[C@@H](N)CNc1ccc(C(=O)Nc2cc(F)c3nn(C)cc3c2)c2nc(OC[C@@H]3CCC(=O)N3C)ncc12. The Bertz CT molecular complexity index is 1540. The number of halogens is 1. The fourth-order valence-corrected chi connectivity index (χ4v) is 4.49. The monoisotopic (exact) mass is 520 g/mol. The first kappa shape index (κ1) is 25.3. The number of nitrogens with zero attached hydrogens (tertiary/aromatic N) is 5. The van der Waals surface area contributed by atoms with Gasteiger partial charge >= 0.3 is 6.01 Å². The van der Waals surface area contributed by atoms with Crippen LogP contribution in [0.5, 0.6) is 6.01 Å². The van der Waals surface area contributed by atoms with E-state index in [0.29, 0.717) is 47.1 Å². The minimum atomic E-state index is -0.535. The number of aryl methyl sites for hydroxylation is 1. The number of nitrogens with one attached hydrogen (secondary N) is 2. The van der Waals surface area contributed by atoms with Crippen molar-refractivity contribution >= 4 is 45.0 Å². The number of ether oxygens (including phenoxy) is 1. The highest BCUT2D eigenvalue weighted by Gasteiger charge is 2.28. The number of benzene rings is 2. The van der Waals surface area contributed by atoms with Crippen LogP contribution in [-0.4, -0.2) is 68.7 Å². The van der Waals surface area contributed by atoms with Gasteiger partial charge in [0.05, 0.1) is 17.1 Å². The van der Waals surface area contributed by atoms with E-state index in [2.05, 4.69) is 25.7 Å². The lowest BCUT2D eigenvalue weighted by Gasteiger charge is -2.19. The zero-order chi connectivity index (χ0) is 27.0. The molecule has 5 rings (SSSR count). The van der Waals surface area contributed by atoms with Crippen LogP contribution in [0.15, 0.2) is 36.7 Å². The van der Waals surface area contributed by atoms with Crippen LogP contribution >= 0.6 is 0 Å². The molecule has 2 aromatic heterocycles. The summed E-state index contributed by atoms with van der Waals surface area (Å²) < 4.78 is 21.9. The number of hydrogen-bond acceptors (Lipinski definition) is 8. The normalized spacial score (nSPS) is 16.3. The third-order valence-corrected chi connectivity index (χ3v) is 6.56. The van der Waals surface area contributed by atoms with Crippen molar-refractivity contribution < 1.29 is 18.7 Å². The molecule has 1 saturated heterocycles. The topological polar surface area (TPSA) is 140 Å². The Morgan fingerprint density at radius 2 is 2.11 bits per heavy atom. The van der Waals surface area contributed by atoms with Gasteiger partial charge in [-0.1, -0.05) is 0 Å². The molecule has 4 aromatic rings. The summed E-state index contributed by atoms with van der Waals surface area (Å²) in [5.74, 6) is -0.933. The first-order valence-electron chi connectivity index (χ1n) is 12.3. The number of aromatic nitrogens is 4. The quantitative estimate of drug-likeness (QED) is 0.322. The maximum atomic E-state index is 14.6. The number of rotatable bonds is 8. The van der Waals surface area contributed by atoms with Crippen LogP contribution in [-0.2, 0) is 11.8 Å². The Hall–Kier alpha value is -4.32. The van der Waals surface area contributed by atoms with Crippen molar-refractivity contribution in [1.82, 2.24) is 24.6 Å². The second-order valence-electron chi connectivity index (χ2n) is 9.59. The van der Waals surface area contributed by atoms with Gasteiger partial charge < -0.3 is 26.0 Å². The average molecular weight is 521 g/mol. The number of carbonyl (C=O) groups excluding carboxylic acids is 2. The number of likely N-dealkylation sites (N-methyl/N-ethyl adjacent to an activating group) is 1. The third kappa shape index (κ3) is 5.07. The molecular weight excluding hydrogens is 491 g/mol. The number of amides is 2. The molecule has 38 heavy (non-hydrogen) atoms. The summed E-state index contributed by atoms with van der Waals surface area (Å²) in [7, 11) is 3.45. The minimum absolute atomic E-state index is 0.0686. The van der Waals surface area contributed by atoms with Crippen LogP contribution in [0.4, 0.5) is 15.8 Å². The summed E-state index contributed by atoms with van der Waals surface area (Å²) >= 11 is 0. The number of likely N-dealkylation sites (tertiary alicyclic amines) is 1. The molecule has 0 saturated carbocycles. The maximum Gasteiger partial charge on any atom is 0.317 e. The van der Waals surface area contributed by atoms with E-state index in [4.69, 9.17) is 10.5 Å². The molecule has 1 fully saturated rings. The molecule has 2 aromatic carbocycles. The van der Waals surface area contributed by atoms with Crippen LogP contribution in [0.1, 0.15) is 30.1 Å². The first-order chi connectivity index (χ1) is 18.2. The van der Waals surface area contributed by atoms with Crippen LogP contribution in [0.3, 0.4) is 0 Å². The highest BCUT2D eigenvalue weighted by atomic mass is 19.1. The van der Waals surface area contributed by atoms with E-state index in [1.165, 1.54) is 10.7 Å². The van der Waals surface area contributed by atoms with Gasteiger partial charge in [0.2, 0.25) is 5.91 Å². The molecule has 3 heterocycles. The number of hydrogen-bond donors (Lipinski definition) is 3. The van der Waals surface area contributed by atoms with Gasteiger partial charge in [0.1, 0.15) is 12.1 Å². The van der Waals surface area contributed by atoms with E-state index in [1.807, 2.05) is 6.92 Å². The van der Waals surface area contributed by atoms with Crippen molar-refractivity contribution in [1.29, 1.82) is 0 Å². The van der Waals surface area contributed by atoms with E-state index in [1.54, 1.807) is 49.6 Å². The molecule has 11 nitrogen and oxygen atoms in total. The molecule has 0 radical (unpaired) electrons. The number of anilines is 2. The van der Waals surface area contributed by atoms with Gasteiger partial charge in [-0.2, -0.15) is 10.1 Å². The van der Waals surface area contributed by atoms with Gasteiger partial charge in [-0.05, 0) is 37.6 Å². The zero-order valence-corrected chi connectivity index (χ0v) is 21.4. The number of nitrogens with two attached hydrogens (primary N) is 1. The Morgan fingerprint density at radius 3 is 2.84 bits per heavy atom. The van der Waals surface area contributed by atoms with E-state index in [0.717, 1.165) is 0 Å². The van der Waals surface area contributed by atoms with Crippen LogP contribution in [0.2, 0.25) is 0 Å². The molecule has 0 aliphatic carbocycles. The van der Waals surface area contributed by atoms with E-state index in [-0.39, 0.29) is 41.7 Å². The van der Waals surface area contributed by atoms with Crippen molar-refractivity contribution in [2.75, 3.05) is 30.8 Å². The molecular formula is C26H29FN8O3. The predicted molar refractivity (Wildman–Crippen MR) is 142 cm³/mol. The van der Waals surface area contributed by atoms with E-state index >= 15 is 0 Å². The number of fused-ring (bicyclic) bond motifs is 2. The summed E-state index contributed by atoms with van der Waals surface area (Å²) in [5.41, 5.74) is 7.76. The summed E-state index contributed by atoms with van der Waals surface area (Å²) in [6.45, 7) is 2.62. The van der Waals surface area contributed by atoms with Gasteiger partial charge in [0.15, 0.2) is 5.82 Å². The number of carbonyl (C=O) groups is 2. The highest BCUT2D eigenvalue weighted by Crippen LogP contribution is 2.28. The largest absolute Gasteiger partial charge is 0.461 e. The molecule has 2 amide bonds. The first-order valence-corrected chi connectivity index (χ1v) is 12.3. The van der Waals surface area contributed by atoms with Gasteiger partial charge in [-0.15, -0.1) is 0 Å². The second-order valence-corrected chi connectivity index (χ2v) is 9.59. The third-order valence-electron chi connectivity index (χ3n) is 6.56. The van der Waals surface area contributed by atoms with Crippen molar-refractivity contribution in [2.24, 2.45) is 12.8 Å². The lowest BCUT2D eigenvalue weighted by Crippen LogP contribution is -2.33.